The largest absolute Gasteiger partial charge is 0.480 e. The van der Waals surface area contributed by atoms with Gasteiger partial charge in [0.25, 0.3) is 0 Å². The third-order valence-corrected chi connectivity index (χ3v) is 7.05. The van der Waals surface area contributed by atoms with Crippen molar-refractivity contribution in [2.24, 2.45) is 5.73 Å². The molecule has 4 atom stereocenters. The zero-order valence-corrected chi connectivity index (χ0v) is 21.5. The Morgan fingerprint density at radius 3 is 2.61 bits per heavy atom. The highest BCUT2D eigenvalue weighted by Crippen LogP contribution is 2.20. The molecule has 4 unspecified atom stereocenters. The van der Waals surface area contributed by atoms with Crippen LogP contribution in [-0.4, -0.2) is 85.1 Å². The molecule has 1 aromatic carbocycles. The number of fused-ring (bicyclic) bond motifs is 1. The van der Waals surface area contributed by atoms with Gasteiger partial charge < -0.3 is 36.3 Å². The maximum Gasteiger partial charge on any atom is 0.326 e. The molecule has 13 heteroatoms. The molecule has 3 aromatic rings. The number of amides is 3. The zero-order chi connectivity index (χ0) is 27.2. The summed E-state index contributed by atoms with van der Waals surface area (Å²) in [6.45, 7) is 0.285. The van der Waals surface area contributed by atoms with Crippen molar-refractivity contribution in [3.05, 3.63) is 54.2 Å². The van der Waals surface area contributed by atoms with Crippen LogP contribution in [0.4, 0.5) is 0 Å². The molecule has 1 fully saturated rings. The van der Waals surface area contributed by atoms with Gasteiger partial charge in [0.1, 0.15) is 18.1 Å². The van der Waals surface area contributed by atoms with Gasteiger partial charge in [-0.15, -0.1) is 0 Å². The fourth-order valence-electron chi connectivity index (χ4n) is 4.68. The minimum absolute atomic E-state index is 0.0434. The van der Waals surface area contributed by atoms with E-state index in [1.165, 1.54) is 17.4 Å². The summed E-state index contributed by atoms with van der Waals surface area (Å²) in [7, 11) is 0. The first-order valence-electron chi connectivity index (χ1n) is 12.3. The van der Waals surface area contributed by atoms with Crippen LogP contribution in [0, 0.1) is 0 Å². The molecule has 4 rings (SSSR count). The van der Waals surface area contributed by atoms with Crippen LogP contribution in [0.5, 0.6) is 0 Å². The number of hydrogen-bond acceptors (Lipinski definition) is 7. The van der Waals surface area contributed by atoms with E-state index in [4.69, 9.17) is 5.73 Å². The Kier molecular flexibility index (Phi) is 8.69. The lowest BCUT2D eigenvalue weighted by Crippen LogP contribution is -2.58. The molecule has 2 aromatic heterocycles. The van der Waals surface area contributed by atoms with Gasteiger partial charge in [-0.2, -0.15) is 12.6 Å². The summed E-state index contributed by atoms with van der Waals surface area (Å²) < 4.78 is 0. The minimum Gasteiger partial charge on any atom is -0.480 e. The van der Waals surface area contributed by atoms with E-state index < -0.39 is 47.9 Å². The molecule has 1 aliphatic rings. The number of likely N-dealkylation sites (tertiary alicyclic amines) is 1. The molecule has 0 bridgehead atoms. The summed E-state index contributed by atoms with van der Waals surface area (Å²) in [5, 5.41) is 15.7. The number of benzene rings is 1. The standard InChI is InChI=1S/C25H31N7O5S/c26-17(8-14-10-28-18-5-2-1-4-16(14)18)22(33)30-19(9-15-11-27-13-29-15)23(34)31-20(12-38)24(35)32-7-3-6-21(32)25(36)37/h1-2,4-5,10-11,13,17,19-21,28,38H,3,6-9,12,26H2,(H,27,29)(H,30,33)(H,31,34)(H,36,37). The number of nitrogens with zero attached hydrogens (tertiary/aromatic N) is 2. The maximum atomic E-state index is 13.3. The average Bonchev–Trinajstić information content (AvgIpc) is 3.68. The number of imidazole rings is 1. The molecule has 3 amide bonds. The lowest BCUT2D eigenvalue weighted by molar-refractivity contribution is -0.149. The van der Waals surface area contributed by atoms with Crippen LogP contribution in [0.25, 0.3) is 10.9 Å². The van der Waals surface area contributed by atoms with Gasteiger partial charge in [-0.25, -0.2) is 9.78 Å². The zero-order valence-electron chi connectivity index (χ0n) is 20.6. The molecule has 0 aliphatic carbocycles. The second-order valence-corrected chi connectivity index (χ2v) is 9.65. The number of rotatable bonds is 11. The van der Waals surface area contributed by atoms with E-state index >= 15 is 0 Å². The SMILES string of the molecule is NC(Cc1c[nH]c2ccccc12)C(=O)NC(Cc1cnc[nH]1)C(=O)NC(CS)C(=O)N1CCCC1C(=O)O. The first kappa shape index (κ1) is 27.2. The number of nitrogens with one attached hydrogen (secondary N) is 4. The van der Waals surface area contributed by atoms with Gasteiger partial charge in [-0.05, 0) is 30.9 Å². The van der Waals surface area contributed by atoms with Crippen LogP contribution in [0.3, 0.4) is 0 Å². The number of aromatic nitrogens is 3. The quantitative estimate of drug-likeness (QED) is 0.166. The highest BCUT2D eigenvalue weighted by Gasteiger charge is 2.38. The third kappa shape index (κ3) is 6.17. The second-order valence-electron chi connectivity index (χ2n) is 9.28. The van der Waals surface area contributed by atoms with Crippen molar-refractivity contribution in [1.82, 2.24) is 30.5 Å². The number of carboxylic acids is 1. The number of aromatic amines is 2. The number of H-pyrrole nitrogens is 2. The van der Waals surface area contributed by atoms with E-state index in [9.17, 15) is 24.3 Å². The topological polar surface area (TPSA) is 186 Å². The molecule has 12 nitrogen and oxygen atoms in total. The number of nitrogens with two attached hydrogens (primary N) is 1. The number of carbonyl (C=O) groups is 4. The molecule has 0 spiro atoms. The summed E-state index contributed by atoms with van der Waals surface area (Å²) in [4.78, 5) is 62.2. The lowest BCUT2D eigenvalue weighted by atomic mass is 10.0. The number of carboxylic acid groups (broad SMARTS) is 1. The summed E-state index contributed by atoms with van der Waals surface area (Å²) >= 11 is 4.21. The van der Waals surface area contributed by atoms with Gasteiger partial charge >= 0.3 is 5.97 Å². The molecule has 1 saturated heterocycles. The van der Waals surface area contributed by atoms with Gasteiger partial charge in [0, 0.05) is 47.7 Å². The van der Waals surface area contributed by atoms with E-state index in [-0.39, 0.29) is 25.1 Å². The summed E-state index contributed by atoms with van der Waals surface area (Å²) in [6.07, 6.45) is 6.02. The number of thiol groups is 1. The van der Waals surface area contributed by atoms with E-state index in [2.05, 4.69) is 38.2 Å². The van der Waals surface area contributed by atoms with Crippen molar-refractivity contribution < 1.29 is 24.3 Å². The summed E-state index contributed by atoms with van der Waals surface area (Å²) in [5.41, 5.74) is 8.61. The Hall–Kier alpha value is -3.84. The molecule has 7 N–H and O–H groups in total. The van der Waals surface area contributed by atoms with E-state index in [1.807, 2.05) is 24.3 Å². The molecule has 1 aliphatic heterocycles. The molecule has 38 heavy (non-hydrogen) atoms. The van der Waals surface area contributed by atoms with Crippen LogP contribution in [0.1, 0.15) is 24.1 Å². The predicted molar refractivity (Wildman–Crippen MR) is 142 cm³/mol. The van der Waals surface area contributed by atoms with Crippen LogP contribution in [-0.2, 0) is 32.0 Å². The van der Waals surface area contributed by atoms with E-state index in [0.717, 1.165) is 16.5 Å². The smallest absolute Gasteiger partial charge is 0.326 e. The highest BCUT2D eigenvalue weighted by molar-refractivity contribution is 7.80. The maximum absolute atomic E-state index is 13.3. The Morgan fingerprint density at radius 1 is 1.13 bits per heavy atom. The van der Waals surface area contributed by atoms with Crippen LogP contribution < -0.4 is 16.4 Å². The molecule has 202 valence electrons. The number of para-hydroxylation sites is 1. The van der Waals surface area contributed by atoms with Crippen LogP contribution in [0.15, 0.2) is 43.0 Å². The predicted octanol–water partition coefficient (Wildman–Crippen LogP) is -0.0215. The van der Waals surface area contributed by atoms with Crippen molar-refractivity contribution in [3.63, 3.8) is 0 Å². The normalized spacial score (nSPS) is 17.6. The molecular weight excluding hydrogens is 510 g/mol. The van der Waals surface area contributed by atoms with Gasteiger partial charge in [-0.3, -0.25) is 14.4 Å². The third-order valence-electron chi connectivity index (χ3n) is 6.68. The van der Waals surface area contributed by atoms with Crippen molar-refractivity contribution in [2.45, 2.75) is 49.9 Å². The Morgan fingerprint density at radius 2 is 1.89 bits per heavy atom. The van der Waals surface area contributed by atoms with E-state index in [0.29, 0.717) is 18.5 Å². The van der Waals surface area contributed by atoms with Gasteiger partial charge in [-0.1, -0.05) is 18.2 Å². The second kappa shape index (κ2) is 12.1. The average molecular weight is 542 g/mol. The van der Waals surface area contributed by atoms with Crippen LogP contribution in [0.2, 0.25) is 0 Å². The minimum atomic E-state index is -1.09. The van der Waals surface area contributed by atoms with Crippen molar-refractivity contribution >= 4 is 47.2 Å². The van der Waals surface area contributed by atoms with Crippen molar-refractivity contribution in [2.75, 3.05) is 12.3 Å². The lowest BCUT2D eigenvalue weighted by Gasteiger charge is -2.28. The Labute approximate surface area is 224 Å². The van der Waals surface area contributed by atoms with Crippen LogP contribution >= 0.6 is 12.6 Å². The summed E-state index contributed by atoms with van der Waals surface area (Å²) in [6, 6.07) is 3.66. The Bertz CT molecular complexity index is 1290. The number of carbonyl (C=O) groups excluding carboxylic acids is 3. The molecule has 0 saturated carbocycles. The van der Waals surface area contributed by atoms with Gasteiger partial charge in [0.2, 0.25) is 17.7 Å². The van der Waals surface area contributed by atoms with E-state index in [1.54, 1.807) is 6.20 Å². The van der Waals surface area contributed by atoms with Crippen molar-refractivity contribution in [1.29, 1.82) is 0 Å². The Balaban J connectivity index is 1.45. The number of hydrogen-bond donors (Lipinski definition) is 7. The number of aliphatic carboxylic acids is 1. The first-order chi connectivity index (χ1) is 18.3. The summed E-state index contributed by atoms with van der Waals surface area (Å²) in [5.74, 6) is -2.81. The molecule has 0 radical (unpaired) electrons. The van der Waals surface area contributed by atoms with Crippen molar-refractivity contribution in [3.8, 4) is 0 Å². The first-order valence-corrected chi connectivity index (χ1v) is 12.9. The molecule has 3 heterocycles. The highest BCUT2D eigenvalue weighted by atomic mass is 32.1. The van der Waals surface area contributed by atoms with Gasteiger partial charge in [0.15, 0.2) is 0 Å². The monoisotopic (exact) mass is 541 g/mol. The van der Waals surface area contributed by atoms with Gasteiger partial charge in [0.05, 0.1) is 12.4 Å². The molecular formula is C25H31N7O5S. The fourth-order valence-corrected chi connectivity index (χ4v) is 4.93. The fraction of sp³-hybridized carbons (Fsp3) is 0.400.